The summed E-state index contributed by atoms with van der Waals surface area (Å²) in [4.78, 5) is 29.0. The predicted octanol–water partition coefficient (Wildman–Crippen LogP) is 1.19. The topological polar surface area (TPSA) is 87.6 Å². The first kappa shape index (κ1) is 17.2. The Bertz CT molecular complexity index is 986. The van der Waals surface area contributed by atoms with E-state index in [9.17, 15) is 9.59 Å². The molecule has 0 bridgehead atoms. The number of rotatable bonds is 6. The molecule has 0 fully saturated rings. The molecule has 0 aliphatic carbocycles. The summed E-state index contributed by atoms with van der Waals surface area (Å²) in [6, 6.07) is 0. The molecule has 0 atom stereocenters. The minimum Gasteiger partial charge on any atom is -0.328 e. The van der Waals surface area contributed by atoms with Gasteiger partial charge in [0.25, 0.3) is 5.56 Å². The van der Waals surface area contributed by atoms with E-state index in [4.69, 9.17) is 0 Å². The maximum Gasteiger partial charge on any atom is 0.332 e. The number of hydrogen-bond donors (Lipinski definition) is 0. The Hall–Kier alpha value is -1.59. The molecule has 24 heavy (non-hydrogen) atoms. The fourth-order valence-corrected chi connectivity index (χ4v) is 4.75. The van der Waals surface area contributed by atoms with Gasteiger partial charge in [-0.25, -0.2) is 9.78 Å². The first-order chi connectivity index (χ1) is 11.5. The molecular formula is C13H16N6O2S3. The van der Waals surface area contributed by atoms with Gasteiger partial charge in [0.05, 0.1) is 6.33 Å². The minimum atomic E-state index is -0.336. The lowest BCUT2D eigenvalue weighted by Gasteiger charge is -2.08. The molecule has 3 heterocycles. The van der Waals surface area contributed by atoms with Gasteiger partial charge in [0, 0.05) is 26.4 Å². The lowest BCUT2D eigenvalue weighted by molar-refractivity contribution is 0.594. The molecule has 0 unspecified atom stereocenters. The van der Waals surface area contributed by atoms with Crippen molar-refractivity contribution in [3.8, 4) is 0 Å². The van der Waals surface area contributed by atoms with E-state index in [2.05, 4.69) is 15.2 Å². The second-order valence-corrected chi connectivity index (χ2v) is 8.44. The zero-order valence-corrected chi connectivity index (χ0v) is 15.9. The fraction of sp³-hybridized carbons (Fsp3) is 0.462. The Morgan fingerprint density at radius 3 is 2.67 bits per heavy atom. The number of aromatic nitrogens is 6. The van der Waals surface area contributed by atoms with Crippen LogP contribution in [0, 0.1) is 0 Å². The Kier molecular flexibility index (Phi) is 5.11. The summed E-state index contributed by atoms with van der Waals surface area (Å²) in [6.07, 6.45) is 4.20. The highest BCUT2D eigenvalue weighted by Gasteiger charge is 2.14. The van der Waals surface area contributed by atoms with Gasteiger partial charge in [-0.1, -0.05) is 34.9 Å². The van der Waals surface area contributed by atoms with E-state index in [0.29, 0.717) is 24.1 Å². The van der Waals surface area contributed by atoms with Gasteiger partial charge < -0.3 is 4.57 Å². The van der Waals surface area contributed by atoms with E-state index < -0.39 is 0 Å². The summed E-state index contributed by atoms with van der Waals surface area (Å²) < 4.78 is 6.18. The molecule has 3 aromatic heterocycles. The van der Waals surface area contributed by atoms with Crippen molar-refractivity contribution in [3.05, 3.63) is 27.2 Å². The molecule has 3 aromatic rings. The molecule has 0 aliphatic heterocycles. The van der Waals surface area contributed by atoms with Crippen molar-refractivity contribution in [2.75, 3.05) is 12.0 Å². The molecule has 0 aliphatic rings. The van der Waals surface area contributed by atoms with Crippen LogP contribution in [-0.2, 0) is 20.6 Å². The maximum absolute atomic E-state index is 12.5. The third kappa shape index (κ3) is 3.15. The SMILES string of the molecule is CSc1nnc(SCCCn2c(=O)c3c(ncn3C)n(C)c2=O)s1. The summed E-state index contributed by atoms with van der Waals surface area (Å²) in [6.45, 7) is 0.369. The van der Waals surface area contributed by atoms with Gasteiger partial charge in [-0.05, 0) is 12.7 Å². The predicted molar refractivity (Wildman–Crippen MR) is 97.2 cm³/mol. The molecule has 0 saturated carbocycles. The molecule has 3 rings (SSSR count). The van der Waals surface area contributed by atoms with E-state index in [0.717, 1.165) is 14.4 Å². The van der Waals surface area contributed by atoms with Gasteiger partial charge in [-0.3, -0.25) is 13.9 Å². The number of thioether (sulfide) groups is 2. The Balaban J connectivity index is 1.74. The highest BCUT2D eigenvalue weighted by atomic mass is 32.2. The first-order valence-electron chi connectivity index (χ1n) is 7.14. The van der Waals surface area contributed by atoms with Crippen LogP contribution < -0.4 is 11.2 Å². The van der Waals surface area contributed by atoms with Gasteiger partial charge in [-0.15, -0.1) is 10.2 Å². The lowest BCUT2D eigenvalue weighted by Crippen LogP contribution is -2.39. The summed E-state index contributed by atoms with van der Waals surface area (Å²) >= 11 is 4.71. The number of hydrogen-bond acceptors (Lipinski definition) is 8. The van der Waals surface area contributed by atoms with E-state index in [1.165, 1.54) is 9.13 Å². The molecule has 0 amide bonds. The monoisotopic (exact) mass is 384 g/mol. The fourth-order valence-electron chi connectivity index (χ4n) is 2.31. The lowest BCUT2D eigenvalue weighted by atomic mass is 10.4. The van der Waals surface area contributed by atoms with Gasteiger partial charge in [0.15, 0.2) is 19.8 Å². The first-order valence-corrected chi connectivity index (χ1v) is 10.2. The zero-order chi connectivity index (χ0) is 17.3. The number of fused-ring (bicyclic) bond motifs is 1. The van der Waals surface area contributed by atoms with Crippen LogP contribution in [0.2, 0.25) is 0 Å². The summed E-state index contributed by atoms with van der Waals surface area (Å²) in [5, 5.41) is 8.13. The van der Waals surface area contributed by atoms with Gasteiger partial charge in [0.2, 0.25) is 0 Å². The molecule has 128 valence electrons. The molecular weight excluding hydrogens is 368 g/mol. The van der Waals surface area contributed by atoms with Crippen LogP contribution in [0.1, 0.15) is 6.42 Å². The normalized spacial score (nSPS) is 11.5. The van der Waals surface area contributed by atoms with Gasteiger partial charge in [-0.2, -0.15) is 0 Å². The van der Waals surface area contributed by atoms with Crippen LogP contribution in [0.3, 0.4) is 0 Å². The number of nitrogens with zero attached hydrogens (tertiary/aromatic N) is 6. The minimum absolute atomic E-state index is 0.293. The van der Waals surface area contributed by atoms with Crippen molar-refractivity contribution in [2.45, 2.75) is 21.6 Å². The number of imidazole rings is 1. The molecule has 0 aromatic carbocycles. The van der Waals surface area contributed by atoms with E-state index in [1.807, 2.05) is 6.26 Å². The second kappa shape index (κ2) is 7.11. The smallest absolute Gasteiger partial charge is 0.328 e. The molecule has 0 N–H and O–H groups in total. The summed E-state index contributed by atoms with van der Waals surface area (Å²) in [5.41, 5.74) is 0.227. The quantitative estimate of drug-likeness (QED) is 0.466. The van der Waals surface area contributed by atoms with Crippen molar-refractivity contribution in [2.24, 2.45) is 14.1 Å². The Morgan fingerprint density at radius 1 is 1.21 bits per heavy atom. The highest BCUT2D eigenvalue weighted by molar-refractivity contribution is 8.02. The molecule has 11 heteroatoms. The second-order valence-electron chi connectivity index (χ2n) is 5.07. The molecule has 8 nitrogen and oxygen atoms in total. The van der Waals surface area contributed by atoms with Crippen molar-refractivity contribution < 1.29 is 0 Å². The molecule has 0 saturated heterocycles. The molecule has 0 radical (unpaired) electrons. The highest BCUT2D eigenvalue weighted by Crippen LogP contribution is 2.27. The Morgan fingerprint density at radius 2 is 1.96 bits per heavy atom. The summed E-state index contributed by atoms with van der Waals surface area (Å²) in [7, 11) is 3.38. The molecule has 0 spiro atoms. The van der Waals surface area contributed by atoms with E-state index in [-0.39, 0.29) is 11.2 Å². The van der Waals surface area contributed by atoms with Crippen molar-refractivity contribution in [1.82, 2.24) is 28.9 Å². The number of aryl methyl sites for hydroxylation is 2. The maximum atomic E-state index is 12.5. The summed E-state index contributed by atoms with van der Waals surface area (Å²) in [5.74, 6) is 0.766. The average molecular weight is 385 g/mol. The van der Waals surface area contributed by atoms with Crippen LogP contribution in [-0.4, -0.2) is 40.9 Å². The van der Waals surface area contributed by atoms with Crippen LogP contribution in [0.4, 0.5) is 0 Å². The van der Waals surface area contributed by atoms with Crippen LogP contribution >= 0.6 is 34.9 Å². The standard InChI is InChI=1S/C13H16N6O2S3/c1-17-7-14-9-8(17)10(20)19(13(21)18(9)2)5-4-6-23-12-16-15-11(22-3)24-12/h7H,4-6H2,1-3H3. The van der Waals surface area contributed by atoms with Crippen molar-refractivity contribution >= 4 is 46.0 Å². The van der Waals surface area contributed by atoms with Crippen LogP contribution in [0.5, 0.6) is 0 Å². The zero-order valence-electron chi connectivity index (χ0n) is 13.4. The Labute approximate surface area is 149 Å². The van der Waals surface area contributed by atoms with Crippen molar-refractivity contribution in [1.29, 1.82) is 0 Å². The van der Waals surface area contributed by atoms with Gasteiger partial charge in [0.1, 0.15) is 0 Å². The third-order valence-corrected chi connectivity index (χ3v) is 6.63. The van der Waals surface area contributed by atoms with E-state index in [1.54, 1.807) is 59.9 Å². The third-order valence-electron chi connectivity index (χ3n) is 3.52. The van der Waals surface area contributed by atoms with Crippen molar-refractivity contribution in [3.63, 3.8) is 0 Å². The average Bonchev–Trinajstić information content (AvgIpc) is 3.18. The largest absolute Gasteiger partial charge is 0.332 e. The van der Waals surface area contributed by atoms with Crippen LogP contribution in [0.15, 0.2) is 24.6 Å². The van der Waals surface area contributed by atoms with E-state index >= 15 is 0 Å². The van der Waals surface area contributed by atoms with Crippen LogP contribution in [0.25, 0.3) is 11.2 Å². The van der Waals surface area contributed by atoms with Gasteiger partial charge >= 0.3 is 5.69 Å².